The predicted octanol–water partition coefficient (Wildman–Crippen LogP) is 5.21. The Bertz CT molecular complexity index is 861. The van der Waals surface area contributed by atoms with Crippen molar-refractivity contribution in [1.29, 1.82) is 0 Å². The second-order valence-corrected chi connectivity index (χ2v) is 9.02. The number of rotatable bonds is 6. The molecule has 0 unspecified atom stereocenters. The van der Waals surface area contributed by atoms with Crippen molar-refractivity contribution in [2.45, 2.75) is 19.9 Å². The Kier molecular flexibility index (Phi) is 5.75. The first-order chi connectivity index (χ1) is 12.6. The molecule has 0 aliphatic rings. The van der Waals surface area contributed by atoms with E-state index in [-0.39, 0.29) is 6.04 Å². The summed E-state index contributed by atoms with van der Waals surface area (Å²) < 4.78 is 14.0. The monoisotopic (exact) mass is 361 g/mol. The van der Waals surface area contributed by atoms with Gasteiger partial charge >= 0.3 is 0 Å². The molecule has 3 heteroatoms. The smallest absolute Gasteiger partial charge is 0.165 e. The highest BCUT2D eigenvalue weighted by molar-refractivity contribution is 7.81. The van der Waals surface area contributed by atoms with Gasteiger partial charge in [-0.1, -0.05) is 91.0 Å². The van der Waals surface area contributed by atoms with Gasteiger partial charge in [-0.25, -0.2) is 0 Å². The molecule has 3 rings (SSSR count). The SMILES string of the molecule is C/C(=C\P(=O)(c1ccccc1)c1ccccc1)N[C@@H](C)c1ccccc1. The van der Waals surface area contributed by atoms with Gasteiger partial charge in [0, 0.05) is 28.2 Å². The van der Waals surface area contributed by atoms with Crippen molar-refractivity contribution >= 4 is 17.8 Å². The zero-order chi connectivity index (χ0) is 18.4. The van der Waals surface area contributed by atoms with E-state index in [9.17, 15) is 4.57 Å². The molecule has 0 bridgehead atoms. The van der Waals surface area contributed by atoms with Crippen molar-refractivity contribution in [2.75, 3.05) is 0 Å². The topological polar surface area (TPSA) is 29.1 Å². The van der Waals surface area contributed by atoms with Crippen LogP contribution in [0, 0.1) is 0 Å². The highest BCUT2D eigenvalue weighted by atomic mass is 31.2. The molecule has 132 valence electrons. The Morgan fingerprint density at radius 2 is 1.23 bits per heavy atom. The maximum atomic E-state index is 14.0. The molecule has 0 saturated carbocycles. The summed E-state index contributed by atoms with van der Waals surface area (Å²) in [6.45, 7) is 4.10. The lowest BCUT2D eigenvalue weighted by Gasteiger charge is -2.20. The van der Waals surface area contributed by atoms with Crippen molar-refractivity contribution in [3.05, 3.63) is 108 Å². The third-order valence-corrected chi connectivity index (χ3v) is 7.28. The van der Waals surface area contributed by atoms with E-state index in [1.807, 2.05) is 91.6 Å². The lowest BCUT2D eigenvalue weighted by molar-refractivity contribution is 0.591. The zero-order valence-corrected chi connectivity index (χ0v) is 16.1. The summed E-state index contributed by atoms with van der Waals surface area (Å²) in [5, 5.41) is 5.17. The van der Waals surface area contributed by atoms with Gasteiger partial charge in [0.2, 0.25) is 0 Å². The molecule has 0 saturated heterocycles. The molecule has 0 aliphatic carbocycles. The Labute approximate surface area is 156 Å². The van der Waals surface area contributed by atoms with Crippen molar-refractivity contribution in [3.63, 3.8) is 0 Å². The third-order valence-electron chi connectivity index (χ3n) is 4.40. The average molecular weight is 361 g/mol. The molecule has 0 heterocycles. The van der Waals surface area contributed by atoms with Crippen LogP contribution in [0.1, 0.15) is 25.5 Å². The van der Waals surface area contributed by atoms with Crippen molar-refractivity contribution < 1.29 is 4.57 Å². The maximum Gasteiger partial charge on any atom is 0.165 e. The Morgan fingerprint density at radius 1 is 0.808 bits per heavy atom. The molecular formula is C23H24NOP. The van der Waals surface area contributed by atoms with Crippen LogP contribution in [0.2, 0.25) is 0 Å². The lowest BCUT2D eigenvalue weighted by Crippen LogP contribution is -2.19. The Morgan fingerprint density at radius 3 is 1.69 bits per heavy atom. The summed E-state index contributed by atoms with van der Waals surface area (Å²) in [6.07, 6.45) is 0. The van der Waals surface area contributed by atoms with Gasteiger partial charge in [0.1, 0.15) is 0 Å². The van der Waals surface area contributed by atoms with Crippen LogP contribution in [0.4, 0.5) is 0 Å². The van der Waals surface area contributed by atoms with Crippen LogP contribution < -0.4 is 15.9 Å². The van der Waals surface area contributed by atoms with Gasteiger partial charge < -0.3 is 9.88 Å². The first-order valence-corrected chi connectivity index (χ1v) is 10.6. The number of nitrogens with one attached hydrogen (secondary N) is 1. The van der Waals surface area contributed by atoms with Crippen LogP contribution in [0.3, 0.4) is 0 Å². The van der Waals surface area contributed by atoms with E-state index in [2.05, 4.69) is 24.4 Å². The standard InChI is InChI=1S/C23H24NOP/c1-19(24-20(2)21-12-6-3-7-13-21)18-26(25,22-14-8-4-9-15-22)23-16-10-5-11-17-23/h3-18,20,24H,1-2H3/b19-18+/t20-/m0/s1. The van der Waals surface area contributed by atoms with E-state index in [0.29, 0.717) is 0 Å². The molecule has 3 aromatic rings. The minimum Gasteiger partial charge on any atom is -0.382 e. The van der Waals surface area contributed by atoms with Gasteiger partial charge in [-0.15, -0.1) is 0 Å². The van der Waals surface area contributed by atoms with Crippen LogP contribution in [0.15, 0.2) is 103 Å². The fraction of sp³-hybridized carbons (Fsp3) is 0.130. The average Bonchev–Trinajstić information content (AvgIpc) is 2.70. The molecule has 26 heavy (non-hydrogen) atoms. The predicted molar refractivity (Wildman–Crippen MR) is 112 cm³/mol. The molecule has 3 aromatic carbocycles. The lowest BCUT2D eigenvalue weighted by atomic mass is 10.1. The summed E-state index contributed by atoms with van der Waals surface area (Å²) in [4.78, 5) is 0. The molecular weight excluding hydrogens is 337 g/mol. The third kappa shape index (κ3) is 4.15. The zero-order valence-electron chi connectivity index (χ0n) is 15.2. The van der Waals surface area contributed by atoms with Crippen LogP contribution >= 0.6 is 7.14 Å². The van der Waals surface area contributed by atoms with Crippen LogP contribution in [-0.2, 0) is 4.57 Å². The van der Waals surface area contributed by atoms with Gasteiger partial charge in [-0.3, -0.25) is 0 Å². The van der Waals surface area contributed by atoms with Crippen LogP contribution in [-0.4, -0.2) is 0 Å². The first kappa shape index (κ1) is 18.2. The largest absolute Gasteiger partial charge is 0.382 e. The summed E-state index contributed by atoms with van der Waals surface area (Å²) in [5.41, 5.74) is 2.12. The van der Waals surface area contributed by atoms with E-state index in [1.165, 1.54) is 5.56 Å². The van der Waals surface area contributed by atoms with E-state index in [4.69, 9.17) is 0 Å². The van der Waals surface area contributed by atoms with Gasteiger partial charge in [0.15, 0.2) is 7.14 Å². The van der Waals surface area contributed by atoms with Crippen molar-refractivity contribution in [3.8, 4) is 0 Å². The molecule has 0 radical (unpaired) electrons. The van der Waals surface area contributed by atoms with E-state index in [0.717, 1.165) is 16.3 Å². The quantitative estimate of drug-likeness (QED) is 0.611. The summed E-state index contributed by atoms with van der Waals surface area (Å²) in [5.74, 6) is 1.90. The van der Waals surface area contributed by atoms with Crippen molar-refractivity contribution in [1.82, 2.24) is 5.32 Å². The van der Waals surface area contributed by atoms with E-state index < -0.39 is 7.14 Å². The van der Waals surface area contributed by atoms with E-state index >= 15 is 0 Å². The minimum atomic E-state index is -2.85. The molecule has 0 aliphatic heterocycles. The molecule has 0 aromatic heterocycles. The van der Waals surface area contributed by atoms with Crippen LogP contribution in [0.25, 0.3) is 0 Å². The summed E-state index contributed by atoms with van der Waals surface area (Å²) >= 11 is 0. The van der Waals surface area contributed by atoms with Gasteiger partial charge in [0.05, 0.1) is 0 Å². The number of allylic oxidation sites excluding steroid dienone is 1. The van der Waals surface area contributed by atoms with Gasteiger partial charge in [-0.05, 0) is 19.4 Å². The molecule has 0 spiro atoms. The number of hydrogen-bond acceptors (Lipinski definition) is 2. The Balaban J connectivity index is 1.95. The summed E-state index contributed by atoms with van der Waals surface area (Å²) in [7, 11) is -2.85. The first-order valence-electron chi connectivity index (χ1n) is 8.81. The highest BCUT2D eigenvalue weighted by Crippen LogP contribution is 2.45. The Hall–Kier alpha value is -2.57. The highest BCUT2D eigenvalue weighted by Gasteiger charge is 2.25. The normalized spacial score (nSPS) is 13.2. The molecule has 1 atom stereocenters. The number of benzene rings is 3. The minimum absolute atomic E-state index is 0.146. The van der Waals surface area contributed by atoms with Crippen molar-refractivity contribution in [2.24, 2.45) is 0 Å². The molecule has 0 fully saturated rings. The van der Waals surface area contributed by atoms with Gasteiger partial charge in [-0.2, -0.15) is 0 Å². The summed E-state index contributed by atoms with van der Waals surface area (Å²) in [6, 6.07) is 29.8. The second-order valence-electron chi connectivity index (χ2n) is 6.42. The van der Waals surface area contributed by atoms with Crippen LogP contribution in [0.5, 0.6) is 0 Å². The molecule has 1 N–H and O–H groups in total. The van der Waals surface area contributed by atoms with E-state index in [1.54, 1.807) is 0 Å². The van der Waals surface area contributed by atoms with Gasteiger partial charge in [0.25, 0.3) is 0 Å². The molecule has 2 nitrogen and oxygen atoms in total. The number of hydrogen-bond donors (Lipinski definition) is 1. The maximum absolute atomic E-state index is 14.0. The second kappa shape index (κ2) is 8.21. The fourth-order valence-electron chi connectivity index (χ4n) is 3.07. The molecule has 0 amide bonds. The fourth-order valence-corrected chi connectivity index (χ4v) is 5.52.